The molecule has 8 nitrogen and oxygen atoms in total. The number of methoxy groups -OCH3 is 1. The van der Waals surface area contributed by atoms with E-state index in [2.05, 4.69) is 4.90 Å². The van der Waals surface area contributed by atoms with Gasteiger partial charge < -0.3 is 24.4 Å². The number of nitrogens with zero attached hydrogens (tertiary/aromatic N) is 2. The van der Waals surface area contributed by atoms with Gasteiger partial charge in [0.25, 0.3) is 0 Å². The number of esters is 1. The molecule has 0 radical (unpaired) electrons. The topological polar surface area (TPSA) is 93.4 Å². The van der Waals surface area contributed by atoms with Gasteiger partial charge in [0.1, 0.15) is 6.61 Å². The summed E-state index contributed by atoms with van der Waals surface area (Å²) >= 11 is 12.9. The Bertz CT molecular complexity index is 1290. The molecule has 222 valence electrons. The molecule has 10 heteroatoms. The van der Waals surface area contributed by atoms with Crippen molar-refractivity contribution in [3.05, 3.63) is 69.7 Å². The van der Waals surface area contributed by atoms with Gasteiger partial charge in [0.05, 0.1) is 26.7 Å². The molecular formula is C31H38Cl2N2O6. The van der Waals surface area contributed by atoms with Crippen LogP contribution in [0.5, 0.6) is 23.3 Å². The van der Waals surface area contributed by atoms with Gasteiger partial charge in [-0.05, 0) is 61.1 Å². The van der Waals surface area contributed by atoms with E-state index >= 15 is 0 Å². The molecule has 3 aromatic rings. The highest BCUT2D eigenvalue weighted by molar-refractivity contribution is 6.35. The van der Waals surface area contributed by atoms with Crippen LogP contribution in [0.1, 0.15) is 56.2 Å². The lowest BCUT2D eigenvalue weighted by Gasteiger charge is -2.34. The minimum atomic E-state index is -0.303. The van der Waals surface area contributed by atoms with Crippen LogP contribution in [-0.4, -0.2) is 52.5 Å². The summed E-state index contributed by atoms with van der Waals surface area (Å²) in [6.07, 6.45) is 4.89. The van der Waals surface area contributed by atoms with E-state index in [0.717, 1.165) is 30.5 Å². The fourth-order valence-corrected chi connectivity index (χ4v) is 6.03. The first kappa shape index (κ1) is 30.9. The van der Waals surface area contributed by atoms with Crippen molar-refractivity contribution in [2.24, 2.45) is 5.92 Å². The standard InChI is InChI=1S/C31H38Cl2N2O6/c1-3-40-31(38)18-26(24-10-9-23(32)17-25(24)33)34(19-21-6-4-5-7-21)20-22-8-11-27(28(16-22)39-2)41-15-14-35-29(36)12-13-30(35)37/h8-13,16-17,21,26,36-37H,3-7,14-15,18-20H2,1-2H3. The molecular weight excluding hydrogens is 567 g/mol. The normalized spacial score (nSPS) is 14.4. The molecule has 1 aliphatic carbocycles. The van der Waals surface area contributed by atoms with Gasteiger partial charge in [-0.1, -0.05) is 48.2 Å². The molecule has 41 heavy (non-hydrogen) atoms. The number of hydrogen-bond acceptors (Lipinski definition) is 7. The van der Waals surface area contributed by atoms with E-state index in [9.17, 15) is 15.0 Å². The van der Waals surface area contributed by atoms with Gasteiger partial charge >= 0.3 is 5.97 Å². The molecule has 0 spiro atoms. The first-order valence-corrected chi connectivity index (χ1v) is 14.8. The minimum absolute atomic E-state index is 0.0334. The van der Waals surface area contributed by atoms with Crippen LogP contribution in [0.3, 0.4) is 0 Å². The molecule has 1 atom stereocenters. The molecule has 0 amide bonds. The maximum absolute atomic E-state index is 12.8. The molecule has 1 aromatic heterocycles. The fourth-order valence-electron chi connectivity index (χ4n) is 5.50. The largest absolute Gasteiger partial charge is 0.494 e. The summed E-state index contributed by atoms with van der Waals surface area (Å²) in [5.41, 5.74) is 1.83. The maximum atomic E-state index is 12.8. The van der Waals surface area contributed by atoms with Crippen LogP contribution >= 0.6 is 23.2 Å². The Kier molecular flexibility index (Phi) is 11.1. The van der Waals surface area contributed by atoms with Crippen molar-refractivity contribution >= 4 is 29.2 Å². The van der Waals surface area contributed by atoms with E-state index in [1.807, 2.05) is 24.3 Å². The molecule has 0 bridgehead atoms. The van der Waals surface area contributed by atoms with Gasteiger partial charge in [-0.15, -0.1) is 0 Å². The van der Waals surface area contributed by atoms with E-state index in [4.69, 9.17) is 37.4 Å². The molecule has 1 heterocycles. The van der Waals surface area contributed by atoms with Crippen molar-refractivity contribution in [3.63, 3.8) is 0 Å². The summed E-state index contributed by atoms with van der Waals surface area (Å²) in [7, 11) is 1.59. The van der Waals surface area contributed by atoms with Gasteiger partial charge in [0, 0.05) is 41.3 Å². The molecule has 0 aliphatic heterocycles. The summed E-state index contributed by atoms with van der Waals surface area (Å²) in [6, 6.07) is 13.7. The van der Waals surface area contributed by atoms with Gasteiger partial charge in [-0.25, -0.2) is 0 Å². The van der Waals surface area contributed by atoms with Crippen LogP contribution in [0.2, 0.25) is 10.0 Å². The molecule has 1 fully saturated rings. The third kappa shape index (κ3) is 8.24. The Morgan fingerprint density at radius 2 is 1.78 bits per heavy atom. The van der Waals surface area contributed by atoms with E-state index < -0.39 is 0 Å². The molecule has 0 saturated heterocycles. The van der Waals surface area contributed by atoms with Crippen LogP contribution in [0.25, 0.3) is 0 Å². The van der Waals surface area contributed by atoms with Crippen LogP contribution in [-0.2, 0) is 22.6 Å². The lowest BCUT2D eigenvalue weighted by atomic mass is 9.98. The third-order valence-electron chi connectivity index (χ3n) is 7.52. The Morgan fingerprint density at radius 1 is 1.05 bits per heavy atom. The number of halogens is 2. The highest BCUT2D eigenvalue weighted by Gasteiger charge is 2.29. The molecule has 1 aliphatic rings. The second-order valence-corrected chi connectivity index (χ2v) is 11.1. The molecule has 4 rings (SSSR count). The van der Waals surface area contributed by atoms with Crippen molar-refractivity contribution in [1.29, 1.82) is 0 Å². The number of aromatic nitrogens is 1. The molecule has 1 unspecified atom stereocenters. The fraction of sp³-hybridized carbons (Fsp3) is 0.452. The highest BCUT2D eigenvalue weighted by atomic mass is 35.5. The highest BCUT2D eigenvalue weighted by Crippen LogP contribution is 2.37. The smallest absolute Gasteiger partial charge is 0.307 e. The second-order valence-electron chi connectivity index (χ2n) is 10.3. The predicted octanol–water partition coefficient (Wildman–Crippen LogP) is 6.98. The van der Waals surface area contributed by atoms with Gasteiger partial charge in [-0.2, -0.15) is 0 Å². The summed E-state index contributed by atoms with van der Waals surface area (Å²) in [6.45, 7) is 3.97. The van der Waals surface area contributed by atoms with Crippen molar-refractivity contribution in [2.75, 3.05) is 26.9 Å². The SMILES string of the molecule is CCOC(=O)CC(c1ccc(Cl)cc1Cl)N(Cc1ccc(OCCn2c(O)ccc2O)c(OC)c1)CC1CCCC1. The van der Waals surface area contributed by atoms with Crippen LogP contribution in [0.4, 0.5) is 0 Å². The van der Waals surface area contributed by atoms with Gasteiger partial charge in [0.2, 0.25) is 0 Å². The summed E-state index contributed by atoms with van der Waals surface area (Å²) < 4.78 is 18.3. The number of carbonyl (C=O) groups is 1. The summed E-state index contributed by atoms with van der Waals surface area (Å²) in [4.78, 5) is 15.1. The van der Waals surface area contributed by atoms with Crippen molar-refractivity contribution in [2.45, 2.75) is 58.2 Å². The second kappa shape index (κ2) is 14.7. The zero-order chi connectivity index (χ0) is 29.4. The average Bonchev–Trinajstić information content (AvgIpc) is 3.57. The Hall–Kier alpha value is -3.07. The van der Waals surface area contributed by atoms with Crippen molar-refractivity contribution in [1.82, 2.24) is 9.47 Å². The lowest BCUT2D eigenvalue weighted by molar-refractivity contribution is -0.144. The van der Waals surface area contributed by atoms with Crippen molar-refractivity contribution in [3.8, 4) is 23.3 Å². The number of carbonyl (C=O) groups excluding carboxylic acids is 1. The summed E-state index contributed by atoms with van der Waals surface area (Å²) in [5, 5.41) is 20.8. The van der Waals surface area contributed by atoms with E-state index in [-0.39, 0.29) is 43.3 Å². The zero-order valence-corrected chi connectivity index (χ0v) is 25.0. The number of aromatic hydroxyl groups is 2. The van der Waals surface area contributed by atoms with Crippen LogP contribution in [0, 0.1) is 5.92 Å². The zero-order valence-electron chi connectivity index (χ0n) is 23.5. The van der Waals surface area contributed by atoms with Crippen molar-refractivity contribution < 1.29 is 29.2 Å². The first-order chi connectivity index (χ1) is 19.8. The van der Waals surface area contributed by atoms with E-state index in [1.54, 1.807) is 26.2 Å². The predicted molar refractivity (Wildman–Crippen MR) is 159 cm³/mol. The Morgan fingerprint density at radius 3 is 2.44 bits per heavy atom. The quantitative estimate of drug-likeness (QED) is 0.192. The maximum Gasteiger partial charge on any atom is 0.307 e. The number of benzene rings is 2. The number of ether oxygens (including phenoxy) is 3. The van der Waals surface area contributed by atoms with Gasteiger partial charge in [-0.3, -0.25) is 14.3 Å². The minimum Gasteiger partial charge on any atom is -0.494 e. The number of hydrogen-bond donors (Lipinski definition) is 2. The monoisotopic (exact) mass is 604 g/mol. The Balaban J connectivity index is 1.58. The lowest BCUT2D eigenvalue weighted by Crippen LogP contribution is -2.34. The third-order valence-corrected chi connectivity index (χ3v) is 8.08. The van der Waals surface area contributed by atoms with Gasteiger partial charge in [0.15, 0.2) is 23.3 Å². The number of rotatable bonds is 14. The molecule has 2 N–H and O–H groups in total. The van der Waals surface area contributed by atoms with E-state index in [1.165, 1.54) is 29.5 Å². The van der Waals surface area contributed by atoms with Crippen LogP contribution in [0.15, 0.2) is 48.5 Å². The Labute approximate surface area is 251 Å². The first-order valence-electron chi connectivity index (χ1n) is 14.0. The van der Waals surface area contributed by atoms with Crippen LogP contribution < -0.4 is 9.47 Å². The molecule has 1 saturated carbocycles. The average molecular weight is 606 g/mol. The van der Waals surface area contributed by atoms with E-state index in [0.29, 0.717) is 40.6 Å². The summed E-state index contributed by atoms with van der Waals surface area (Å²) in [5.74, 6) is 1.30. The molecule has 2 aromatic carbocycles.